The second kappa shape index (κ2) is 7.94. The summed E-state index contributed by atoms with van der Waals surface area (Å²) in [6, 6.07) is 10.1. The molecular formula is C23H23FN6O. The van der Waals surface area contributed by atoms with Gasteiger partial charge in [0.1, 0.15) is 5.82 Å². The van der Waals surface area contributed by atoms with E-state index in [1.807, 2.05) is 19.9 Å². The number of fused-ring (bicyclic) bond motifs is 3. The molecule has 158 valence electrons. The van der Waals surface area contributed by atoms with Gasteiger partial charge in [0.15, 0.2) is 5.82 Å². The van der Waals surface area contributed by atoms with Crippen LogP contribution in [0.15, 0.2) is 42.7 Å². The van der Waals surface area contributed by atoms with Crippen LogP contribution in [0.4, 0.5) is 10.3 Å². The molecule has 2 N–H and O–H groups in total. The molecule has 1 aliphatic rings. The Balaban J connectivity index is 1.45. The SMILES string of the molecule is CC(C)Oc1nc(NC2CCc3[nH]c4ccccc4c3C2)nc(-c2cncc(F)c2)n1. The summed E-state index contributed by atoms with van der Waals surface area (Å²) < 4.78 is 19.4. The van der Waals surface area contributed by atoms with Crippen molar-refractivity contribution in [2.45, 2.75) is 45.3 Å². The van der Waals surface area contributed by atoms with Crippen LogP contribution in [-0.2, 0) is 12.8 Å². The number of rotatable bonds is 5. The van der Waals surface area contributed by atoms with Crippen molar-refractivity contribution in [3.8, 4) is 17.4 Å². The van der Waals surface area contributed by atoms with Crippen molar-refractivity contribution in [3.63, 3.8) is 0 Å². The normalized spacial score (nSPS) is 15.8. The van der Waals surface area contributed by atoms with E-state index in [1.165, 1.54) is 34.4 Å². The first-order valence-electron chi connectivity index (χ1n) is 10.4. The van der Waals surface area contributed by atoms with E-state index in [1.54, 1.807) is 0 Å². The average Bonchev–Trinajstić information content (AvgIpc) is 3.11. The molecule has 5 rings (SSSR count). The molecule has 0 radical (unpaired) electrons. The maximum Gasteiger partial charge on any atom is 0.322 e. The Morgan fingerprint density at radius 2 is 2.03 bits per heavy atom. The van der Waals surface area contributed by atoms with Gasteiger partial charge in [-0.2, -0.15) is 15.0 Å². The number of ether oxygens (including phenoxy) is 1. The number of aromatic amines is 1. The third kappa shape index (κ3) is 4.05. The molecule has 7 nitrogen and oxygen atoms in total. The van der Waals surface area contributed by atoms with Gasteiger partial charge in [0.2, 0.25) is 5.95 Å². The Morgan fingerprint density at radius 3 is 2.87 bits per heavy atom. The van der Waals surface area contributed by atoms with Gasteiger partial charge in [0, 0.05) is 34.4 Å². The molecule has 1 atom stereocenters. The molecule has 3 aromatic heterocycles. The fourth-order valence-corrected chi connectivity index (χ4v) is 4.02. The molecular weight excluding hydrogens is 395 g/mol. The average molecular weight is 418 g/mol. The maximum atomic E-state index is 13.7. The van der Waals surface area contributed by atoms with E-state index >= 15 is 0 Å². The molecule has 31 heavy (non-hydrogen) atoms. The van der Waals surface area contributed by atoms with Crippen LogP contribution in [0.1, 0.15) is 31.5 Å². The lowest BCUT2D eigenvalue weighted by Gasteiger charge is -2.24. The van der Waals surface area contributed by atoms with Crippen molar-refractivity contribution < 1.29 is 9.13 Å². The second-order valence-corrected chi connectivity index (χ2v) is 8.04. The van der Waals surface area contributed by atoms with Gasteiger partial charge in [0.25, 0.3) is 0 Å². The number of hydrogen-bond donors (Lipinski definition) is 2. The molecule has 0 bridgehead atoms. The minimum Gasteiger partial charge on any atom is -0.461 e. The van der Waals surface area contributed by atoms with Gasteiger partial charge in [0.05, 0.1) is 12.3 Å². The van der Waals surface area contributed by atoms with E-state index in [4.69, 9.17) is 4.74 Å². The first kappa shape index (κ1) is 19.4. The number of nitrogens with one attached hydrogen (secondary N) is 2. The zero-order valence-corrected chi connectivity index (χ0v) is 17.4. The molecule has 0 fully saturated rings. The topological polar surface area (TPSA) is 88.6 Å². The van der Waals surface area contributed by atoms with Crippen molar-refractivity contribution in [2.75, 3.05) is 5.32 Å². The fourth-order valence-electron chi connectivity index (χ4n) is 4.02. The first-order valence-corrected chi connectivity index (χ1v) is 10.4. The Kier molecular flexibility index (Phi) is 4.97. The Morgan fingerprint density at radius 1 is 1.16 bits per heavy atom. The van der Waals surface area contributed by atoms with Crippen molar-refractivity contribution in [3.05, 3.63) is 59.8 Å². The summed E-state index contributed by atoms with van der Waals surface area (Å²) in [5.74, 6) is 0.292. The van der Waals surface area contributed by atoms with E-state index in [9.17, 15) is 4.39 Å². The molecule has 1 aliphatic carbocycles. The zero-order chi connectivity index (χ0) is 21.4. The smallest absolute Gasteiger partial charge is 0.322 e. The Labute approximate surface area is 179 Å². The highest BCUT2D eigenvalue weighted by Gasteiger charge is 2.23. The number of aromatic nitrogens is 5. The minimum atomic E-state index is -0.446. The van der Waals surface area contributed by atoms with Gasteiger partial charge >= 0.3 is 6.01 Å². The highest BCUT2D eigenvalue weighted by molar-refractivity contribution is 5.85. The van der Waals surface area contributed by atoms with Gasteiger partial charge < -0.3 is 15.0 Å². The number of anilines is 1. The number of pyridine rings is 1. The number of hydrogen-bond acceptors (Lipinski definition) is 6. The third-order valence-electron chi connectivity index (χ3n) is 5.35. The van der Waals surface area contributed by atoms with Crippen LogP contribution >= 0.6 is 0 Å². The monoisotopic (exact) mass is 418 g/mol. The molecule has 0 saturated carbocycles. The second-order valence-electron chi connectivity index (χ2n) is 8.04. The number of para-hydroxylation sites is 1. The molecule has 0 spiro atoms. The summed E-state index contributed by atoms with van der Waals surface area (Å²) in [4.78, 5) is 20.8. The van der Waals surface area contributed by atoms with Gasteiger partial charge in [-0.15, -0.1) is 0 Å². The molecule has 0 saturated heterocycles. The highest BCUT2D eigenvalue weighted by atomic mass is 19.1. The van der Waals surface area contributed by atoms with Crippen LogP contribution in [0.5, 0.6) is 6.01 Å². The number of H-pyrrole nitrogens is 1. The van der Waals surface area contributed by atoms with Crippen molar-refractivity contribution in [2.24, 2.45) is 0 Å². The highest BCUT2D eigenvalue weighted by Crippen LogP contribution is 2.30. The molecule has 0 amide bonds. The lowest BCUT2D eigenvalue weighted by Crippen LogP contribution is -2.28. The van der Waals surface area contributed by atoms with Gasteiger partial charge in [-0.25, -0.2) is 4.39 Å². The number of benzene rings is 1. The summed E-state index contributed by atoms with van der Waals surface area (Å²) in [6.07, 6.45) is 5.33. The van der Waals surface area contributed by atoms with Crippen LogP contribution in [0.25, 0.3) is 22.3 Å². The van der Waals surface area contributed by atoms with Crippen LogP contribution in [0.3, 0.4) is 0 Å². The van der Waals surface area contributed by atoms with E-state index < -0.39 is 5.82 Å². The van der Waals surface area contributed by atoms with Crippen LogP contribution in [0, 0.1) is 5.82 Å². The van der Waals surface area contributed by atoms with E-state index in [0.29, 0.717) is 17.3 Å². The van der Waals surface area contributed by atoms with Crippen LogP contribution in [-0.4, -0.2) is 37.1 Å². The molecule has 8 heteroatoms. The molecule has 0 aliphatic heterocycles. The van der Waals surface area contributed by atoms with Crippen molar-refractivity contribution >= 4 is 16.9 Å². The zero-order valence-electron chi connectivity index (χ0n) is 17.4. The summed E-state index contributed by atoms with van der Waals surface area (Å²) in [5.41, 5.74) is 4.27. The predicted octanol–water partition coefficient (Wildman–Crippen LogP) is 4.31. The Hall–Kier alpha value is -3.55. The van der Waals surface area contributed by atoms with E-state index in [-0.39, 0.29) is 18.2 Å². The maximum absolute atomic E-state index is 13.7. The largest absolute Gasteiger partial charge is 0.461 e. The standard InChI is InChI=1S/C23H23FN6O/c1-13(2)31-23-29-21(14-9-15(24)12-25-11-14)28-22(30-23)26-16-7-8-20-18(10-16)17-5-3-4-6-19(17)27-20/h3-6,9,11-13,16,27H,7-8,10H2,1-2H3,(H,26,28,29,30). The predicted molar refractivity (Wildman–Crippen MR) is 117 cm³/mol. The van der Waals surface area contributed by atoms with E-state index in [0.717, 1.165) is 25.5 Å². The lowest BCUT2D eigenvalue weighted by molar-refractivity contribution is 0.222. The van der Waals surface area contributed by atoms with Gasteiger partial charge in [-0.1, -0.05) is 18.2 Å². The third-order valence-corrected chi connectivity index (χ3v) is 5.35. The summed E-state index contributed by atoms with van der Waals surface area (Å²) in [7, 11) is 0. The first-order chi connectivity index (χ1) is 15.0. The number of nitrogens with zero attached hydrogens (tertiary/aromatic N) is 4. The van der Waals surface area contributed by atoms with Crippen LogP contribution < -0.4 is 10.1 Å². The Bertz CT molecular complexity index is 1240. The van der Waals surface area contributed by atoms with Crippen molar-refractivity contribution in [1.82, 2.24) is 24.9 Å². The molecule has 4 aromatic rings. The van der Waals surface area contributed by atoms with Crippen molar-refractivity contribution in [1.29, 1.82) is 0 Å². The van der Waals surface area contributed by atoms with Crippen LogP contribution in [0.2, 0.25) is 0 Å². The number of halogens is 1. The van der Waals surface area contributed by atoms with E-state index in [2.05, 4.69) is 48.4 Å². The number of aryl methyl sites for hydroxylation is 1. The minimum absolute atomic E-state index is 0.0998. The lowest BCUT2D eigenvalue weighted by atomic mass is 9.91. The molecule has 3 heterocycles. The fraction of sp³-hybridized carbons (Fsp3) is 0.304. The molecule has 1 unspecified atom stereocenters. The summed E-state index contributed by atoms with van der Waals surface area (Å²) in [6.45, 7) is 3.81. The van der Waals surface area contributed by atoms with Gasteiger partial charge in [-0.3, -0.25) is 4.98 Å². The summed E-state index contributed by atoms with van der Waals surface area (Å²) in [5, 5.41) is 4.70. The molecule has 1 aromatic carbocycles. The van der Waals surface area contributed by atoms with Gasteiger partial charge in [-0.05, 0) is 50.8 Å². The quantitative estimate of drug-likeness (QED) is 0.502. The summed E-state index contributed by atoms with van der Waals surface area (Å²) >= 11 is 0.